The van der Waals surface area contributed by atoms with Crippen LogP contribution >= 0.6 is 34.5 Å². The molecule has 1 fully saturated rings. The highest BCUT2D eigenvalue weighted by atomic mass is 35.5. The zero-order chi connectivity index (χ0) is 25.9. The second kappa shape index (κ2) is 11.0. The molecular weight excluding hydrogens is 523 g/mol. The Hall–Kier alpha value is -2.95. The van der Waals surface area contributed by atoms with Gasteiger partial charge in [-0.05, 0) is 51.0 Å². The quantitative estimate of drug-likeness (QED) is 0.431. The van der Waals surface area contributed by atoms with E-state index in [1.165, 1.54) is 16.3 Å². The average Bonchev–Trinajstić information content (AvgIpc) is 3.36. The topological polar surface area (TPSA) is 101 Å². The van der Waals surface area contributed by atoms with E-state index in [1.807, 2.05) is 17.0 Å². The molecule has 1 saturated heterocycles. The average molecular weight is 549 g/mol. The largest absolute Gasteiger partial charge is 0.476 e. The maximum absolute atomic E-state index is 13.2. The van der Waals surface area contributed by atoms with E-state index in [1.54, 1.807) is 50.5 Å². The number of ether oxygens (including phenoxy) is 1. The monoisotopic (exact) mass is 548 g/mol. The fourth-order valence-corrected chi connectivity index (χ4v) is 5.14. The maximum atomic E-state index is 13.2. The van der Waals surface area contributed by atoms with Crippen molar-refractivity contribution in [3.63, 3.8) is 0 Å². The lowest BCUT2D eigenvalue weighted by molar-refractivity contribution is -0.146. The van der Waals surface area contributed by atoms with E-state index in [0.29, 0.717) is 35.4 Å². The van der Waals surface area contributed by atoms with Gasteiger partial charge in [-0.15, -0.1) is 21.5 Å². The highest BCUT2D eigenvalue weighted by molar-refractivity contribution is 7.09. The van der Waals surface area contributed by atoms with Gasteiger partial charge in [0.1, 0.15) is 11.4 Å². The van der Waals surface area contributed by atoms with Gasteiger partial charge in [0.05, 0.1) is 10.0 Å². The zero-order valence-electron chi connectivity index (χ0n) is 20.1. The standard InChI is InChI=1S/C24H26Cl2N6O3S/c1-24(2,35-18-7-5-4-6-16(18)25)23(34)32-12-10-15(11-13-32)22-27-17(14-36-22)21(33)30-31(3)20-9-8-19(26)28-29-20/h4-9,14-15H,10-13H2,1-3H3,(H,30,33). The van der Waals surface area contributed by atoms with Gasteiger partial charge in [-0.3, -0.25) is 20.0 Å². The Morgan fingerprint density at radius 3 is 2.53 bits per heavy atom. The zero-order valence-corrected chi connectivity index (χ0v) is 22.4. The minimum Gasteiger partial charge on any atom is -0.476 e. The van der Waals surface area contributed by atoms with Crippen LogP contribution in [0.3, 0.4) is 0 Å². The van der Waals surface area contributed by atoms with Crippen LogP contribution in [0.15, 0.2) is 41.8 Å². The van der Waals surface area contributed by atoms with Gasteiger partial charge in [0.2, 0.25) is 0 Å². The molecule has 1 aromatic carbocycles. The number of thiazole rings is 1. The van der Waals surface area contributed by atoms with Crippen LogP contribution in [0, 0.1) is 0 Å². The number of hydrazine groups is 1. The number of rotatable bonds is 7. The number of hydrogen-bond donors (Lipinski definition) is 1. The molecule has 1 aliphatic heterocycles. The number of amides is 2. The van der Waals surface area contributed by atoms with Gasteiger partial charge in [-0.1, -0.05) is 35.3 Å². The summed E-state index contributed by atoms with van der Waals surface area (Å²) in [6.07, 6.45) is 1.51. The van der Waals surface area contributed by atoms with Crippen LogP contribution in [-0.4, -0.2) is 57.6 Å². The van der Waals surface area contributed by atoms with Crippen molar-refractivity contribution in [1.29, 1.82) is 0 Å². The number of carbonyl (C=O) groups is 2. The van der Waals surface area contributed by atoms with Crippen molar-refractivity contribution in [3.8, 4) is 5.75 Å². The molecule has 2 aromatic heterocycles. The minimum absolute atomic E-state index is 0.0894. The summed E-state index contributed by atoms with van der Waals surface area (Å²) < 4.78 is 5.96. The number of piperidine rings is 1. The number of nitrogens with one attached hydrogen (secondary N) is 1. The Morgan fingerprint density at radius 1 is 1.14 bits per heavy atom. The second-order valence-electron chi connectivity index (χ2n) is 8.89. The van der Waals surface area contributed by atoms with Crippen molar-refractivity contribution in [2.75, 3.05) is 25.1 Å². The van der Waals surface area contributed by atoms with Gasteiger partial charge in [-0.2, -0.15) is 0 Å². The normalized spacial score (nSPS) is 14.4. The summed E-state index contributed by atoms with van der Waals surface area (Å²) in [4.78, 5) is 32.2. The summed E-state index contributed by atoms with van der Waals surface area (Å²) in [7, 11) is 1.66. The van der Waals surface area contributed by atoms with Gasteiger partial charge in [0.15, 0.2) is 16.6 Å². The predicted molar refractivity (Wildman–Crippen MR) is 140 cm³/mol. The van der Waals surface area contributed by atoms with Crippen molar-refractivity contribution in [2.45, 2.75) is 38.2 Å². The van der Waals surface area contributed by atoms with Crippen molar-refractivity contribution in [1.82, 2.24) is 25.5 Å². The third-order valence-corrected chi connectivity index (χ3v) is 7.35. The number of nitrogens with zero attached hydrogens (tertiary/aromatic N) is 5. The molecular formula is C24H26Cl2N6O3S. The third-order valence-electron chi connectivity index (χ3n) is 5.83. The van der Waals surface area contributed by atoms with Crippen LogP contribution in [0.5, 0.6) is 5.75 Å². The number of anilines is 1. The Bertz CT molecular complexity index is 1230. The maximum Gasteiger partial charge on any atom is 0.289 e. The van der Waals surface area contributed by atoms with Gasteiger partial charge in [0.25, 0.3) is 11.8 Å². The second-order valence-corrected chi connectivity index (χ2v) is 10.6. The van der Waals surface area contributed by atoms with Crippen LogP contribution < -0.4 is 15.2 Å². The molecule has 9 nitrogen and oxygen atoms in total. The predicted octanol–water partition coefficient (Wildman–Crippen LogP) is 4.58. The Balaban J connectivity index is 1.32. The van der Waals surface area contributed by atoms with Crippen molar-refractivity contribution >= 4 is 52.2 Å². The van der Waals surface area contributed by atoms with E-state index in [2.05, 4.69) is 20.6 Å². The molecule has 0 radical (unpaired) electrons. The molecule has 2 amide bonds. The van der Waals surface area contributed by atoms with Crippen LogP contribution in [0.25, 0.3) is 0 Å². The minimum atomic E-state index is -1.05. The highest BCUT2D eigenvalue weighted by Gasteiger charge is 2.37. The van der Waals surface area contributed by atoms with Crippen LogP contribution in [0.2, 0.25) is 10.2 Å². The fourth-order valence-electron chi connectivity index (χ4n) is 3.89. The molecule has 1 N–H and O–H groups in total. The van der Waals surface area contributed by atoms with Gasteiger partial charge in [-0.25, -0.2) is 4.98 Å². The van der Waals surface area contributed by atoms with E-state index in [0.717, 1.165) is 17.8 Å². The summed E-state index contributed by atoms with van der Waals surface area (Å²) in [5.74, 6) is 0.667. The summed E-state index contributed by atoms with van der Waals surface area (Å²) in [5.41, 5.74) is 2.01. The molecule has 0 bridgehead atoms. The van der Waals surface area contributed by atoms with Crippen molar-refractivity contribution in [3.05, 3.63) is 62.7 Å². The Kier molecular flexibility index (Phi) is 7.97. The number of aromatic nitrogens is 3. The number of halogens is 2. The molecule has 0 aliphatic carbocycles. The first-order chi connectivity index (χ1) is 17.1. The first kappa shape index (κ1) is 26.1. The summed E-state index contributed by atoms with van der Waals surface area (Å²) in [6.45, 7) is 4.67. The van der Waals surface area contributed by atoms with E-state index >= 15 is 0 Å². The molecule has 190 valence electrons. The number of hydrogen-bond acceptors (Lipinski definition) is 8. The van der Waals surface area contributed by atoms with E-state index in [4.69, 9.17) is 27.9 Å². The lowest BCUT2D eigenvalue weighted by Crippen LogP contribution is -2.51. The molecule has 3 aromatic rings. The smallest absolute Gasteiger partial charge is 0.289 e. The lowest BCUT2D eigenvalue weighted by Gasteiger charge is -2.36. The van der Waals surface area contributed by atoms with Crippen LogP contribution in [0.1, 0.15) is 48.1 Å². The van der Waals surface area contributed by atoms with Crippen molar-refractivity contribution < 1.29 is 14.3 Å². The molecule has 4 rings (SSSR count). The highest BCUT2D eigenvalue weighted by Crippen LogP contribution is 2.33. The van der Waals surface area contributed by atoms with E-state index in [9.17, 15) is 9.59 Å². The molecule has 1 aliphatic rings. The summed E-state index contributed by atoms with van der Waals surface area (Å²) in [6, 6.07) is 10.4. The number of carbonyl (C=O) groups excluding carboxylic acids is 2. The van der Waals surface area contributed by atoms with E-state index in [-0.39, 0.29) is 22.9 Å². The fraction of sp³-hybridized carbons (Fsp3) is 0.375. The number of likely N-dealkylation sites (tertiary alicyclic amines) is 1. The van der Waals surface area contributed by atoms with E-state index < -0.39 is 5.60 Å². The molecule has 0 spiro atoms. The van der Waals surface area contributed by atoms with Crippen LogP contribution in [0.4, 0.5) is 5.82 Å². The Labute approximate surface area is 223 Å². The number of para-hydroxylation sites is 1. The molecule has 36 heavy (non-hydrogen) atoms. The SMILES string of the molecule is CN(NC(=O)c1csc(C2CCN(C(=O)C(C)(C)Oc3ccccc3Cl)CC2)n1)c1ccc(Cl)nn1. The van der Waals surface area contributed by atoms with Gasteiger partial charge >= 0.3 is 0 Å². The van der Waals surface area contributed by atoms with Gasteiger partial charge < -0.3 is 9.64 Å². The number of benzene rings is 1. The molecule has 12 heteroatoms. The molecule has 3 heterocycles. The summed E-state index contributed by atoms with van der Waals surface area (Å²) in [5, 5.41) is 12.5. The first-order valence-electron chi connectivity index (χ1n) is 11.4. The molecule has 0 atom stereocenters. The Morgan fingerprint density at radius 2 is 1.86 bits per heavy atom. The molecule has 0 unspecified atom stereocenters. The van der Waals surface area contributed by atoms with Gasteiger partial charge in [0, 0.05) is 31.4 Å². The molecule has 0 saturated carbocycles. The first-order valence-corrected chi connectivity index (χ1v) is 13.0. The third kappa shape index (κ3) is 6.05. The van der Waals surface area contributed by atoms with Crippen molar-refractivity contribution in [2.24, 2.45) is 0 Å². The lowest BCUT2D eigenvalue weighted by atomic mass is 9.96. The summed E-state index contributed by atoms with van der Waals surface area (Å²) >= 11 is 13.4. The van der Waals surface area contributed by atoms with Crippen LogP contribution in [-0.2, 0) is 4.79 Å².